The molecule has 0 atom stereocenters. The van der Waals surface area contributed by atoms with Crippen LogP contribution in [0.15, 0.2) is 6.20 Å². The summed E-state index contributed by atoms with van der Waals surface area (Å²) in [7, 11) is 0. The van der Waals surface area contributed by atoms with E-state index in [0.717, 1.165) is 0 Å². The van der Waals surface area contributed by atoms with Crippen molar-refractivity contribution in [2.45, 2.75) is 17.9 Å². The van der Waals surface area contributed by atoms with Gasteiger partial charge in [-0.2, -0.15) is 13.2 Å². The van der Waals surface area contributed by atoms with Crippen LogP contribution in [0.25, 0.3) is 0 Å². The van der Waals surface area contributed by atoms with Gasteiger partial charge in [0.1, 0.15) is 5.56 Å². The van der Waals surface area contributed by atoms with E-state index in [1.807, 2.05) is 0 Å². The first-order valence-electron chi connectivity index (χ1n) is 4.46. The number of aldehydes is 1. The van der Waals surface area contributed by atoms with Gasteiger partial charge in [-0.3, -0.25) is 9.78 Å². The minimum Gasteiger partial charge on any atom is -0.404 e. The molecule has 0 bridgehead atoms. The Morgan fingerprint density at radius 3 is 2.21 bits per heavy atom. The van der Waals surface area contributed by atoms with Crippen molar-refractivity contribution in [3.63, 3.8) is 0 Å². The number of ether oxygens (including phenoxy) is 1. The maximum Gasteiger partial charge on any atom is 0.573 e. The third kappa shape index (κ3) is 3.82. The third-order valence-corrected chi connectivity index (χ3v) is 2.42. The van der Waals surface area contributed by atoms with Crippen molar-refractivity contribution in [1.29, 1.82) is 0 Å². The first kappa shape index (κ1) is 15.7. The minimum absolute atomic E-state index is 0.193. The summed E-state index contributed by atoms with van der Waals surface area (Å²) >= 11 is 2.67. The van der Waals surface area contributed by atoms with E-state index in [9.17, 15) is 31.1 Å². The summed E-state index contributed by atoms with van der Waals surface area (Å²) in [4.78, 5) is 13.8. The van der Waals surface area contributed by atoms with Gasteiger partial charge in [-0.15, -0.1) is 13.2 Å². The topological polar surface area (TPSA) is 39.2 Å². The summed E-state index contributed by atoms with van der Waals surface area (Å²) in [5, 5.41) is -0.449. The Morgan fingerprint density at radius 1 is 1.26 bits per heavy atom. The molecule has 10 heteroatoms. The number of rotatable bonds is 3. The Labute approximate surface area is 110 Å². The van der Waals surface area contributed by atoms with Crippen molar-refractivity contribution >= 4 is 22.2 Å². The van der Waals surface area contributed by atoms with Crippen LogP contribution in [0.3, 0.4) is 0 Å². The highest BCUT2D eigenvalue weighted by Crippen LogP contribution is 2.42. The summed E-state index contributed by atoms with van der Waals surface area (Å²) in [6, 6.07) is 0. The van der Waals surface area contributed by atoms with Gasteiger partial charge in [0.05, 0.1) is 11.3 Å². The molecular formula is C9H4BrF6NO2. The van der Waals surface area contributed by atoms with E-state index in [0.29, 0.717) is 6.20 Å². The van der Waals surface area contributed by atoms with Crippen molar-refractivity contribution in [2.24, 2.45) is 0 Å². The van der Waals surface area contributed by atoms with Crippen LogP contribution in [0.2, 0.25) is 0 Å². The molecule has 0 unspecified atom stereocenters. The average Bonchev–Trinajstić information content (AvgIpc) is 2.24. The molecule has 0 amide bonds. The molecule has 0 aliphatic carbocycles. The van der Waals surface area contributed by atoms with E-state index < -0.39 is 40.4 Å². The quantitative estimate of drug-likeness (QED) is 0.473. The number of nitrogens with zero attached hydrogens (tertiary/aromatic N) is 1. The maximum absolute atomic E-state index is 12.8. The second-order valence-corrected chi connectivity index (χ2v) is 3.72. The van der Waals surface area contributed by atoms with Crippen molar-refractivity contribution in [2.75, 3.05) is 0 Å². The van der Waals surface area contributed by atoms with Gasteiger partial charge in [0.15, 0.2) is 12.0 Å². The highest BCUT2D eigenvalue weighted by Gasteiger charge is 2.43. The first-order chi connectivity index (χ1) is 8.60. The highest BCUT2D eigenvalue weighted by atomic mass is 79.9. The lowest BCUT2D eigenvalue weighted by Gasteiger charge is -2.18. The highest BCUT2D eigenvalue weighted by molar-refractivity contribution is 9.08. The summed E-state index contributed by atoms with van der Waals surface area (Å²) in [6.45, 7) is 0. The standard InChI is InChI=1S/C9H4BrF6NO2/c10-1-5-6(8(11,12)13)7(19-9(14,15)16)4(3-18)2-17-5/h2-3H,1H2. The molecule has 0 saturated heterocycles. The zero-order valence-electron chi connectivity index (χ0n) is 8.77. The lowest BCUT2D eigenvalue weighted by atomic mass is 10.1. The maximum atomic E-state index is 12.8. The molecular weight excluding hydrogens is 348 g/mol. The van der Waals surface area contributed by atoms with Crippen LogP contribution in [-0.2, 0) is 11.5 Å². The van der Waals surface area contributed by atoms with Crippen LogP contribution in [0, 0.1) is 0 Å². The van der Waals surface area contributed by atoms with Crippen molar-refractivity contribution in [3.05, 3.63) is 23.0 Å². The zero-order valence-corrected chi connectivity index (χ0v) is 10.4. The van der Waals surface area contributed by atoms with E-state index in [1.165, 1.54) is 0 Å². The van der Waals surface area contributed by atoms with Crippen LogP contribution in [0.5, 0.6) is 5.75 Å². The third-order valence-electron chi connectivity index (χ3n) is 1.89. The minimum atomic E-state index is -5.36. The normalized spacial score (nSPS) is 12.4. The predicted octanol–water partition coefficient (Wildman–Crippen LogP) is 3.71. The van der Waals surface area contributed by atoms with Gasteiger partial charge in [0.2, 0.25) is 0 Å². The van der Waals surface area contributed by atoms with Crippen molar-refractivity contribution < 1.29 is 35.9 Å². The molecule has 0 radical (unpaired) electrons. The summed E-state index contributed by atoms with van der Waals surface area (Å²) in [6.07, 6.45) is -10.1. The number of carbonyl (C=O) groups is 1. The summed E-state index contributed by atoms with van der Waals surface area (Å²) in [5.74, 6) is -1.60. The smallest absolute Gasteiger partial charge is 0.404 e. The molecule has 0 fully saturated rings. The number of pyridine rings is 1. The van der Waals surface area contributed by atoms with Crippen LogP contribution in [-0.4, -0.2) is 17.6 Å². The predicted molar refractivity (Wildman–Crippen MR) is 53.9 cm³/mol. The Kier molecular flexibility index (Phi) is 4.43. The van der Waals surface area contributed by atoms with Gasteiger partial charge in [-0.05, 0) is 0 Å². The van der Waals surface area contributed by atoms with E-state index in [-0.39, 0.29) is 6.29 Å². The molecule has 0 spiro atoms. The van der Waals surface area contributed by atoms with Crippen LogP contribution < -0.4 is 4.74 Å². The van der Waals surface area contributed by atoms with E-state index in [2.05, 4.69) is 25.7 Å². The number of hydrogen-bond donors (Lipinski definition) is 0. The molecule has 106 valence electrons. The molecule has 0 aromatic carbocycles. The number of alkyl halides is 7. The Bertz CT molecular complexity index is 485. The second-order valence-electron chi connectivity index (χ2n) is 3.16. The van der Waals surface area contributed by atoms with Crippen molar-refractivity contribution in [1.82, 2.24) is 4.98 Å². The molecule has 19 heavy (non-hydrogen) atoms. The largest absolute Gasteiger partial charge is 0.573 e. The molecule has 1 aromatic heterocycles. The van der Waals surface area contributed by atoms with Gasteiger partial charge >= 0.3 is 12.5 Å². The van der Waals surface area contributed by atoms with Crippen molar-refractivity contribution in [3.8, 4) is 5.75 Å². The Morgan fingerprint density at radius 2 is 1.84 bits per heavy atom. The van der Waals surface area contributed by atoms with E-state index >= 15 is 0 Å². The van der Waals surface area contributed by atoms with Gasteiger partial charge in [0.25, 0.3) is 0 Å². The van der Waals surface area contributed by atoms with E-state index in [4.69, 9.17) is 0 Å². The molecule has 1 aromatic rings. The number of hydrogen-bond acceptors (Lipinski definition) is 3. The zero-order chi connectivity index (χ0) is 14.8. The van der Waals surface area contributed by atoms with Crippen LogP contribution in [0.1, 0.15) is 21.6 Å². The van der Waals surface area contributed by atoms with Gasteiger partial charge in [0, 0.05) is 11.5 Å². The van der Waals surface area contributed by atoms with E-state index in [1.54, 1.807) is 0 Å². The summed E-state index contributed by atoms with van der Waals surface area (Å²) < 4.78 is 78.0. The lowest BCUT2D eigenvalue weighted by Crippen LogP contribution is -2.23. The Balaban J connectivity index is 3.57. The molecule has 0 aliphatic rings. The summed E-state index contributed by atoms with van der Waals surface area (Å²) in [5.41, 5.74) is -3.38. The molecule has 1 rings (SSSR count). The van der Waals surface area contributed by atoms with Gasteiger partial charge in [-0.1, -0.05) is 15.9 Å². The SMILES string of the molecule is O=Cc1cnc(CBr)c(C(F)(F)F)c1OC(F)(F)F. The molecule has 3 nitrogen and oxygen atoms in total. The number of aromatic nitrogens is 1. The fourth-order valence-corrected chi connectivity index (χ4v) is 1.67. The monoisotopic (exact) mass is 351 g/mol. The van der Waals surface area contributed by atoms with Gasteiger partial charge in [-0.25, -0.2) is 0 Å². The molecule has 0 saturated carbocycles. The second kappa shape index (κ2) is 5.35. The number of halogens is 7. The van der Waals surface area contributed by atoms with Crippen LogP contribution in [0.4, 0.5) is 26.3 Å². The number of carbonyl (C=O) groups excluding carboxylic acids is 1. The average molecular weight is 352 g/mol. The fourth-order valence-electron chi connectivity index (χ4n) is 1.25. The molecule has 0 N–H and O–H groups in total. The fraction of sp³-hybridized carbons (Fsp3) is 0.333. The van der Waals surface area contributed by atoms with Crippen LogP contribution >= 0.6 is 15.9 Å². The van der Waals surface area contributed by atoms with Gasteiger partial charge < -0.3 is 4.74 Å². The molecule has 0 aliphatic heterocycles. The first-order valence-corrected chi connectivity index (χ1v) is 5.58. The molecule has 1 heterocycles. The lowest BCUT2D eigenvalue weighted by molar-refractivity contribution is -0.276. The Hall–Kier alpha value is -1.32.